The number of carbonyl (C=O) groups excluding carboxylic acids is 1. The monoisotopic (exact) mass is 283 g/mol. The van der Waals surface area contributed by atoms with Crippen LogP contribution in [0, 0.1) is 0 Å². The van der Waals surface area contributed by atoms with Gasteiger partial charge in [0, 0.05) is 5.38 Å². The van der Waals surface area contributed by atoms with Crippen molar-refractivity contribution in [2.75, 3.05) is 4.72 Å². The summed E-state index contributed by atoms with van der Waals surface area (Å²) in [7, 11) is -4.14. The van der Waals surface area contributed by atoms with E-state index in [1.54, 1.807) is 35.0 Å². The normalized spacial score (nSPS) is 10.9. The number of benzene rings is 1. The highest BCUT2D eigenvalue weighted by Crippen LogP contribution is 2.14. The van der Waals surface area contributed by atoms with Crippen molar-refractivity contribution in [1.82, 2.24) is 0 Å². The minimum atomic E-state index is -4.14. The Hall–Kier alpha value is -1.86. The van der Waals surface area contributed by atoms with Gasteiger partial charge in [0.2, 0.25) is 0 Å². The third-order valence-electron chi connectivity index (χ3n) is 1.96. The molecule has 2 rings (SSSR count). The van der Waals surface area contributed by atoms with Crippen LogP contribution in [0.2, 0.25) is 0 Å². The summed E-state index contributed by atoms with van der Waals surface area (Å²) in [6, 6.07) is 9.48. The summed E-state index contributed by atoms with van der Waals surface area (Å²) in [4.78, 5) is 11.5. The van der Waals surface area contributed by atoms with E-state index in [1.807, 2.05) is 0 Å². The molecule has 0 fully saturated rings. The summed E-state index contributed by atoms with van der Waals surface area (Å²) in [6.07, 6.45) is 0. The van der Waals surface area contributed by atoms with Crippen LogP contribution in [0.5, 0.6) is 0 Å². The van der Waals surface area contributed by atoms with Crippen molar-refractivity contribution in [3.63, 3.8) is 0 Å². The lowest BCUT2D eigenvalue weighted by Crippen LogP contribution is -2.20. The second-order valence-electron chi connectivity index (χ2n) is 3.31. The van der Waals surface area contributed by atoms with Crippen LogP contribution < -0.4 is 4.72 Å². The fraction of sp³-hybridized carbons (Fsp3) is 0. The quantitative estimate of drug-likeness (QED) is 0.934. The molecule has 0 bridgehead atoms. The Bertz CT molecular complexity index is 620. The fourth-order valence-electron chi connectivity index (χ4n) is 1.21. The zero-order chi connectivity index (χ0) is 13.0. The predicted octanol–water partition coefficient (Wildman–Crippen LogP) is 2.26. The molecular formula is C11H9NO4S2. The number of hydrogen-bond donors (Lipinski definition) is 1. The highest BCUT2D eigenvalue weighted by atomic mass is 32.2. The smallest absolute Gasteiger partial charge is 0.325 e. The number of hydrogen-bond acceptors (Lipinski definition) is 5. The molecule has 5 nitrogen and oxygen atoms in total. The first-order valence-electron chi connectivity index (χ1n) is 4.91. The highest BCUT2D eigenvalue weighted by molar-refractivity contribution is 7.88. The first kappa shape index (κ1) is 12.6. The second kappa shape index (κ2) is 5.19. The largest absolute Gasteiger partial charge is 0.410 e. The molecule has 0 saturated heterocycles. The van der Waals surface area contributed by atoms with Crippen molar-refractivity contribution in [2.45, 2.75) is 0 Å². The van der Waals surface area contributed by atoms with E-state index in [9.17, 15) is 13.2 Å². The molecule has 0 saturated carbocycles. The van der Waals surface area contributed by atoms with Crippen LogP contribution in [-0.2, 0) is 14.5 Å². The van der Waals surface area contributed by atoms with Gasteiger partial charge in [-0.25, -0.2) is 4.79 Å². The Morgan fingerprint density at radius 2 is 1.89 bits per heavy atom. The lowest BCUT2D eigenvalue weighted by atomic mass is 10.2. The van der Waals surface area contributed by atoms with Crippen LogP contribution in [0.15, 0.2) is 47.2 Å². The predicted molar refractivity (Wildman–Crippen MR) is 68.7 cm³/mol. The number of anilines is 1. The summed E-state index contributed by atoms with van der Waals surface area (Å²) in [5.41, 5.74) is 0.536. The molecule has 0 atom stereocenters. The zero-order valence-corrected chi connectivity index (χ0v) is 10.7. The van der Waals surface area contributed by atoms with Crippen LogP contribution in [0.4, 0.5) is 5.69 Å². The first-order valence-corrected chi connectivity index (χ1v) is 7.26. The molecule has 1 heterocycles. The third kappa shape index (κ3) is 3.31. The van der Waals surface area contributed by atoms with E-state index in [0.29, 0.717) is 5.69 Å². The Labute approximate surface area is 108 Å². The minimum absolute atomic E-state index is 0.174. The Morgan fingerprint density at radius 3 is 2.50 bits per heavy atom. The van der Waals surface area contributed by atoms with Crippen molar-refractivity contribution in [2.24, 2.45) is 0 Å². The Kier molecular flexibility index (Phi) is 3.63. The van der Waals surface area contributed by atoms with Crippen molar-refractivity contribution < 1.29 is 17.4 Å². The molecule has 0 amide bonds. The first-order chi connectivity index (χ1) is 8.57. The summed E-state index contributed by atoms with van der Waals surface area (Å²) < 4.78 is 29.6. The molecule has 2 aromatic rings. The Morgan fingerprint density at radius 1 is 1.17 bits per heavy atom. The van der Waals surface area contributed by atoms with Gasteiger partial charge in [-0.05, 0) is 23.6 Å². The molecule has 0 spiro atoms. The standard InChI is InChI=1S/C11H9NO4S2/c13-11(9-4-2-1-3-5-9)16-18(14,15)12-10-6-7-17-8-10/h1-8,12H. The van der Waals surface area contributed by atoms with Crippen molar-refractivity contribution in [3.8, 4) is 0 Å². The van der Waals surface area contributed by atoms with E-state index in [0.717, 1.165) is 0 Å². The van der Waals surface area contributed by atoms with Gasteiger partial charge in [0.15, 0.2) is 0 Å². The summed E-state index contributed by atoms with van der Waals surface area (Å²) in [5.74, 6) is -0.918. The molecule has 1 aromatic heterocycles. The second-order valence-corrected chi connectivity index (χ2v) is 5.36. The van der Waals surface area contributed by atoms with Crippen LogP contribution in [0.25, 0.3) is 0 Å². The maximum atomic E-state index is 11.5. The molecule has 0 aliphatic carbocycles. The average Bonchev–Trinajstić information content (AvgIpc) is 2.81. The SMILES string of the molecule is O=C(OS(=O)(=O)Nc1ccsc1)c1ccccc1. The molecule has 1 N–H and O–H groups in total. The van der Waals surface area contributed by atoms with Gasteiger partial charge in [-0.2, -0.15) is 19.8 Å². The lowest BCUT2D eigenvalue weighted by molar-refractivity contribution is 0.0748. The van der Waals surface area contributed by atoms with E-state index >= 15 is 0 Å². The van der Waals surface area contributed by atoms with Gasteiger partial charge in [-0.3, -0.25) is 4.72 Å². The molecule has 0 unspecified atom stereocenters. The molecule has 7 heteroatoms. The number of nitrogens with one attached hydrogen (secondary N) is 1. The highest BCUT2D eigenvalue weighted by Gasteiger charge is 2.18. The van der Waals surface area contributed by atoms with Crippen LogP contribution in [-0.4, -0.2) is 14.4 Å². The van der Waals surface area contributed by atoms with E-state index < -0.39 is 16.3 Å². The lowest BCUT2D eigenvalue weighted by Gasteiger charge is -2.06. The third-order valence-corrected chi connectivity index (χ3v) is 3.50. The summed E-state index contributed by atoms with van der Waals surface area (Å²) >= 11 is 1.33. The van der Waals surface area contributed by atoms with Crippen LogP contribution in [0.1, 0.15) is 10.4 Å². The van der Waals surface area contributed by atoms with Gasteiger partial charge >= 0.3 is 16.3 Å². The van der Waals surface area contributed by atoms with Crippen molar-refractivity contribution >= 4 is 33.3 Å². The summed E-state index contributed by atoms with van der Waals surface area (Å²) in [6.45, 7) is 0. The average molecular weight is 283 g/mol. The van der Waals surface area contributed by atoms with E-state index in [2.05, 4.69) is 8.91 Å². The van der Waals surface area contributed by atoms with E-state index in [1.165, 1.54) is 23.5 Å². The van der Waals surface area contributed by atoms with Crippen LogP contribution >= 0.6 is 11.3 Å². The molecular weight excluding hydrogens is 274 g/mol. The molecule has 0 aliphatic heterocycles. The maximum Gasteiger partial charge on any atom is 0.410 e. The van der Waals surface area contributed by atoms with Crippen molar-refractivity contribution in [3.05, 3.63) is 52.7 Å². The van der Waals surface area contributed by atoms with E-state index in [-0.39, 0.29) is 5.56 Å². The molecule has 0 radical (unpaired) electrons. The van der Waals surface area contributed by atoms with Gasteiger partial charge in [0.1, 0.15) is 0 Å². The fourth-order valence-corrected chi connectivity index (χ4v) is 2.62. The van der Waals surface area contributed by atoms with Gasteiger partial charge < -0.3 is 4.18 Å². The summed E-state index contributed by atoms with van der Waals surface area (Å²) in [5, 5.41) is 3.30. The number of carbonyl (C=O) groups is 1. The van der Waals surface area contributed by atoms with Gasteiger partial charge in [0.05, 0.1) is 11.3 Å². The number of rotatable bonds is 4. The number of thiophene rings is 1. The van der Waals surface area contributed by atoms with Gasteiger partial charge in [0.25, 0.3) is 0 Å². The minimum Gasteiger partial charge on any atom is -0.325 e. The van der Waals surface area contributed by atoms with Crippen molar-refractivity contribution in [1.29, 1.82) is 0 Å². The molecule has 18 heavy (non-hydrogen) atoms. The topological polar surface area (TPSA) is 72.5 Å². The van der Waals surface area contributed by atoms with Gasteiger partial charge in [-0.1, -0.05) is 18.2 Å². The molecule has 1 aromatic carbocycles. The maximum absolute atomic E-state index is 11.5. The molecule has 94 valence electrons. The Balaban J connectivity index is 2.07. The van der Waals surface area contributed by atoms with Gasteiger partial charge in [-0.15, -0.1) is 0 Å². The van der Waals surface area contributed by atoms with E-state index in [4.69, 9.17) is 0 Å². The zero-order valence-electron chi connectivity index (χ0n) is 9.07. The molecule has 0 aliphatic rings. The van der Waals surface area contributed by atoms with Crippen LogP contribution in [0.3, 0.4) is 0 Å².